The largest absolute Gasteiger partial charge is 0.687 e. The topological polar surface area (TPSA) is 366 Å². The number of carbonyl (C=O) groups is 1. The Morgan fingerprint density at radius 1 is 0.735 bits per heavy atom. The summed E-state index contributed by atoms with van der Waals surface area (Å²) in [6.45, 7) is -0.989. The summed E-state index contributed by atoms with van der Waals surface area (Å²) in [6, 6.07) is 5.67. The molecule has 25 heteroatoms. The SMILES string of the molecule is O=C(O)CCCCC#Cc1cc(-n2ccc(CN(C[P+]([O-])([O-])[O-])C[P+]([O-])([O-])[O-])n2)nc(-n2ccc(CN(C[P+]([O-])([O-])[O-])C[P+]([O-])([O-])O)n2)c1. The summed E-state index contributed by atoms with van der Waals surface area (Å²) in [5.41, 5.74) is 0.471. The van der Waals surface area contributed by atoms with E-state index < -0.39 is 76.0 Å². The van der Waals surface area contributed by atoms with Crippen molar-refractivity contribution in [3.63, 3.8) is 0 Å². The van der Waals surface area contributed by atoms with E-state index in [1.807, 2.05) is 0 Å². The maximum Gasteiger partial charge on any atom is 0.303 e. The molecule has 0 spiro atoms. The Balaban J connectivity index is 1.94. The number of hydrogen-bond acceptors (Lipinski definition) is 18. The zero-order chi connectivity index (χ0) is 36.6. The molecule has 0 aliphatic rings. The van der Waals surface area contributed by atoms with E-state index in [4.69, 9.17) is 5.11 Å². The molecule has 3 aromatic heterocycles. The monoisotopic (exact) mass is 762 g/mol. The minimum atomic E-state index is -5.26. The highest BCUT2D eigenvalue weighted by Gasteiger charge is 2.21. The molecule has 0 aromatic carbocycles. The molecule has 0 amide bonds. The Labute approximate surface area is 281 Å². The van der Waals surface area contributed by atoms with Crippen molar-refractivity contribution in [3.8, 4) is 23.5 Å². The lowest BCUT2D eigenvalue weighted by molar-refractivity contribution is -0.434. The molecule has 21 nitrogen and oxygen atoms in total. The second-order valence-corrected chi connectivity index (χ2v) is 16.7. The summed E-state index contributed by atoms with van der Waals surface area (Å²) in [6.07, 6.45) is -0.936. The number of aromatic nitrogens is 5. The molecule has 2 N–H and O–H groups in total. The van der Waals surface area contributed by atoms with Gasteiger partial charge in [-0.15, -0.1) is 23.8 Å². The average molecular weight is 762 g/mol. The first-order valence-electron chi connectivity index (χ1n) is 13.9. The fraction of sp³-hybridized carbons (Fsp3) is 0.417. The normalized spacial score (nSPS) is 12.9. The zero-order valence-electron chi connectivity index (χ0n) is 25.2. The fourth-order valence-electron chi connectivity index (χ4n) is 4.35. The van der Waals surface area contributed by atoms with Crippen molar-refractivity contribution < 1.29 is 68.6 Å². The van der Waals surface area contributed by atoms with Gasteiger partial charge in [0.05, 0.1) is 38.2 Å². The fourth-order valence-corrected chi connectivity index (χ4v) is 7.44. The van der Waals surface area contributed by atoms with Gasteiger partial charge in [-0.2, -0.15) is 10.2 Å². The number of hydrogen-bond donors (Lipinski definition) is 2. The average Bonchev–Trinajstić information content (AvgIpc) is 3.56. The Bertz CT molecular complexity index is 1480. The molecule has 3 aromatic rings. The zero-order valence-corrected chi connectivity index (χ0v) is 28.8. The molecular weight excluding hydrogens is 734 g/mol. The van der Waals surface area contributed by atoms with Crippen LogP contribution in [0.4, 0.5) is 0 Å². The first-order valence-corrected chi connectivity index (χ1v) is 20.8. The first kappa shape index (κ1) is 41.2. The molecule has 0 aliphatic heterocycles. The number of aliphatic carboxylic acids is 1. The maximum atomic E-state index is 11.4. The van der Waals surface area contributed by atoms with Gasteiger partial charge < -0.3 is 58.9 Å². The Morgan fingerprint density at radius 3 is 1.59 bits per heavy atom. The molecule has 49 heavy (non-hydrogen) atoms. The van der Waals surface area contributed by atoms with Crippen LogP contribution in [0.2, 0.25) is 0 Å². The van der Waals surface area contributed by atoms with Crippen molar-refractivity contribution in [1.82, 2.24) is 34.3 Å². The number of unbranched alkanes of at least 4 members (excludes halogenated alkanes) is 2. The Hall–Kier alpha value is -2.24. The number of rotatable bonds is 18. The molecule has 3 rings (SSSR count). The predicted octanol–water partition coefficient (Wildman–Crippen LogP) is -8.11. The van der Waals surface area contributed by atoms with Crippen LogP contribution in [0.15, 0.2) is 36.7 Å². The number of carboxylic acid groups (broad SMARTS) is 1. The quantitative estimate of drug-likeness (QED) is 0.0690. The summed E-state index contributed by atoms with van der Waals surface area (Å²) in [4.78, 5) is 150. The number of carboxylic acids is 1. The summed E-state index contributed by atoms with van der Waals surface area (Å²) >= 11 is 0. The third-order valence-corrected chi connectivity index (χ3v) is 9.00. The van der Waals surface area contributed by atoms with Crippen LogP contribution in [0.3, 0.4) is 0 Å². The highest BCUT2D eigenvalue weighted by molar-refractivity contribution is 7.56. The molecule has 0 saturated heterocycles. The maximum absolute atomic E-state index is 11.4. The van der Waals surface area contributed by atoms with Crippen molar-refractivity contribution in [2.45, 2.75) is 38.8 Å². The van der Waals surface area contributed by atoms with Gasteiger partial charge in [0.1, 0.15) is 6.29 Å². The Morgan fingerprint density at radius 2 is 1.18 bits per heavy atom. The second-order valence-electron chi connectivity index (χ2n) is 10.7. The van der Waals surface area contributed by atoms with Gasteiger partial charge in [0.2, 0.25) is 0 Å². The van der Waals surface area contributed by atoms with Gasteiger partial charge in [0.15, 0.2) is 11.6 Å². The highest BCUT2D eigenvalue weighted by atomic mass is 31.2. The van der Waals surface area contributed by atoms with Gasteiger partial charge >= 0.3 is 5.97 Å². The van der Waals surface area contributed by atoms with Crippen LogP contribution in [-0.4, -0.2) is 75.5 Å². The minimum absolute atomic E-state index is 0.0302. The molecule has 0 bridgehead atoms. The molecule has 0 radical (unpaired) electrons. The summed E-state index contributed by atoms with van der Waals surface area (Å²) in [7, 11) is -20.8. The van der Waals surface area contributed by atoms with Gasteiger partial charge in [0, 0.05) is 43.9 Å². The molecule has 3 heterocycles. The lowest BCUT2D eigenvalue weighted by atomic mass is 10.2. The lowest BCUT2D eigenvalue weighted by Crippen LogP contribution is -2.46. The summed E-state index contributed by atoms with van der Waals surface area (Å²) in [5.74, 6) is 5.04. The van der Waals surface area contributed by atoms with Crippen LogP contribution < -0.4 is 53.8 Å². The number of pyridine rings is 1. The predicted molar refractivity (Wildman–Crippen MR) is 152 cm³/mol. The van der Waals surface area contributed by atoms with Crippen LogP contribution >= 0.6 is 31.8 Å². The molecule has 270 valence electrons. The molecule has 0 unspecified atom stereocenters. The van der Waals surface area contributed by atoms with E-state index in [-0.39, 0.29) is 29.4 Å². The minimum Gasteiger partial charge on any atom is -0.687 e. The van der Waals surface area contributed by atoms with Crippen LogP contribution in [0.1, 0.15) is 42.6 Å². The van der Waals surface area contributed by atoms with E-state index >= 15 is 0 Å². The van der Waals surface area contributed by atoms with Crippen molar-refractivity contribution >= 4 is 37.7 Å². The van der Waals surface area contributed by atoms with Crippen LogP contribution in [-0.2, 0) is 17.9 Å². The van der Waals surface area contributed by atoms with Crippen molar-refractivity contribution in [2.24, 2.45) is 0 Å². The smallest absolute Gasteiger partial charge is 0.303 e. The molecule has 0 atom stereocenters. The standard InChI is InChI=1S/C24H35N7O14P4/c32-24(33)6-4-2-1-3-5-19-11-22(30-9-7-20(26-30)13-28(15-46(34,35)36)16-47(37,38)39)25-23(12-19)31-10-8-21(27-31)14-29(17-48(40,41)42)18-49(43,44)45/h7-12H,1-2,4,6,13-18H2,(H,32,33)(H2,34,35,36)(H2,37,38,39)(H2,40,41,42)(H2,43,44,45)/p-7. The van der Waals surface area contributed by atoms with Crippen molar-refractivity contribution in [3.05, 3.63) is 53.6 Å². The van der Waals surface area contributed by atoms with E-state index in [0.717, 1.165) is 0 Å². The van der Waals surface area contributed by atoms with Crippen LogP contribution in [0, 0.1) is 11.8 Å². The third-order valence-electron chi connectivity index (χ3n) is 6.00. The van der Waals surface area contributed by atoms with E-state index in [0.29, 0.717) is 34.6 Å². The van der Waals surface area contributed by atoms with Gasteiger partial charge in [-0.05, 0) is 37.1 Å². The number of nitrogens with zero attached hydrogens (tertiary/aromatic N) is 7. The second kappa shape index (κ2) is 17.3. The van der Waals surface area contributed by atoms with Crippen LogP contribution in [0.25, 0.3) is 11.6 Å². The van der Waals surface area contributed by atoms with Gasteiger partial charge in [0.25, 0.3) is 0 Å². The molecule has 0 saturated carbocycles. The van der Waals surface area contributed by atoms with Crippen molar-refractivity contribution in [2.75, 3.05) is 25.1 Å². The third kappa shape index (κ3) is 16.6. The van der Waals surface area contributed by atoms with Gasteiger partial charge in [-0.3, -0.25) is 9.69 Å². The summed E-state index contributed by atoms with van der Waals surface area (Å²) in [5, 5.41) is 17.3. The van der Waals surface area contributed by atoms with E-state index in [1.165, 1.54) is 46.0 Å². The molecular formula is C24H28N7O14P4-7. The van der Waals surface area contributed by atoms with E-state index in [1.54, 1.807) is 0 Å². The molecule has 0 fully saturated rings. The lowest BCUT2D eigenvalue weighted by Gasteiger charge is -2.49. The van der Waals surface area contributed by atoms with Gasteiger partial charge in [-0.1, -0.05) is 11.8 Å². The van der Waals surface area contributed by atoms with Gasteiger partial charge in [-0.25, -0.2) is 24.1 Å². The molecule has 0 aliphatic carbocycles. The Kier molecular flexibility index (Phi) is 14.6. The first-order chi connectivity index (χ1) is 22.5. The van der Waals surface area contributed by atoms with E-state index in [2.05, 4.69) is 27.0 Å². The van der Waals surface area contributed by atoms with Crippen molar-refractivity contribution in [1.29, 1.82) is 0 Å². The summed E-state index contributed by atoms with van der Waals surface area (Å²) < 4.78 is 2.39. The van der Waals surface area contributed by atoms with E-state index in [9.17, 15) is 63.5 Å². The highest BCUT2D eigenvalue weighted by Crippen LogP contribution is 2.39. The van der Waals surface area contributed by atoms with Crippen LogP contribution in [0.5, 0.6) is 0 Å².